The molecule has 6 atom stereocenters. The van der Waals surface area contributed by atoms with Gasteiger partial charge in [-0.3, -0.25) is 4.79 Å². The van der Waals surface area contributed by atoms with Crippen molar-refractivity contribution in [3.63, 3.8) is 0 Å². The number of aliphatic hydroxyl groups excluding tert-OH is 1. The molecule has 11 nitrogen and oxygen atoms in total. The lowest BCUT2D eigenvalue weighted by Gasteiger charge is -2.35. The third-order valence-corrected chi connectivity index (χ3v) is 9.72. The van der Waals surface area contributed by atoms with Crippen LogP contribution in [0.3, 0.4) is 0 Å². The molecule has 3 aliphatic rings. The predicted molar refractivity (Wildman–Crippen MR) is 143 cm³/mol. The van der Waals surface area contributed by atoms with Crippen LogP contribution >= 0.6 is 0 Å². The normalized spacial score (nSPS) is 26.8. The first kappa shape index (κ1) is 28.5. The summed E-state index contributed by atoms with van der Waals surface area (Å²) in [6.45, 7) is 2.59. The van der Waals surface area contributed by atoms with Gasteiger partial charge in [-0.2, -0.15) is 4.31 Å². The molecule has 3 heterocycles. The Morgan fingerprint density at radius 2 is 2.00 bits per heavy atom. The molecule has 0 bridgehead atoms. The summed E-state index contributed by atoms with van der Waals surface area (Å²) >= 11 is 0. The average Bonchev–Trinajstić information content (AvgIpc) is 3.56. The van der Waals surface area contributed by atoms with Gasteiger partial charge in [0.2, 0.25) is 10.0 Å². The Hall–Kier alpha value is -3.03. The number of benzene rings is 2. The number of aliphatic hydroxyl groups is 1. The highest BCUT2D eigenvalue weighted by Gasteiger charge is 2.44. The Kier molecular flexibility index (Phi) is 8.43. The van der Waals surface area contributed by atoms with Crippen LogP contribution in [0.5, 0.6) is 5.75 Å². The van der Waals surface area contributed by atoms with E-state index in [-0.39, 0.29) is 49.1 Å². The number of sulfonamides is 1. The number of hydrogen-bond acceptors (Lipinski definition) is 9. The molecule has 2 fully saturated rings. The van der Waals surface area contributed by atoms with Crippen molar-refractivity contribution in [2.24, 2.45) is 5.92 Å². The summed E-state index contributed by atoms with van der Waals surface area (Å²) in [5.74, 6) is 0.376. The van der Waals surface area contributed by atoms with Crippen LogP contribution in [-0.4, -0.2) is 88.2 Å². The maximum absolute atomic E-state index is 13.5. The number of nitrogens with one attached hydrogen (secondary N) is 1. The highest BCUT2D eigenvalue weighted by atomic mass is 32.2. The minimum Gasteiger partial charge on any atom is -0.497 e. The van der Waals surface area contributed by atoms with Crippen molar-refractivity contribution >= 4 is 22.4 Å². The van der Waals surface area contributed by atoms with Crippen LogP contribution in [0.25, 0.3) is 0 Å². The van der Waals surface area contributed by atoms with Crippen molar-refractivity contribution in [2.45, 2.75) is 55.1 Å². The van der Waals surface area contributed by atoms with Gasteiger partial charge in [0, 0.05) is 18.7 Å². The molecule has 2 aromatic carbocycles. The quantitative estimate of drug-likeness (QED) is 0.431. The first-order valence-electron chi connectivity index (χ1n) is 13.3. The van der Waals surface area contributed by atoms with Crippen LogP contribution in [0.1, 0.15) is 40.7 Å². The van der Waals surface area contributed by atoms with Gasteiger partial charge < -0.3 is 29.4 Å². The smallest absolute Gasteiger partial charge is 0.407 e. The third-order valence-electron chi connectivity index (χ3n) is 7.82. The van der Waals surface area contributed by atoms with Gasteiger partial charge in [0.05, 0.1) is 43.3 Å². The van der Waals surface area contributed by atoms with Crippen LogP contribution in [0, 0.1) is 5.92 Å². The molecular formula is C28H34N2O9S. The predicted octanol–water partition coefficient (Wildman–Crippen LogP) is 2.08. The number of rotatable bonds is 9. The number of carbonyl (C=O) groups excluding carboxylic acids is 2. The third kappa shape index (κ3) is 5.86. The molecule has 5 rings (SSSR count). The topological polar surface area (TPSA) is 141 Å². The Balaban J connectivity index is 1.33. The van der Waals surface area contributed by atoms with E-state index < -0.39 is 34.4 Å². The monoisotopic (exact) mass is 574 g/mol. The number of carbonyl (C=O) groups is 2. The van der Waals surface area contributed by atoms with Gasteiger partial charge in [0.25, 0.3) is 0 Å². The number of β-amino-alcohol motifs (C(OH)–C–C–N with tert-alkyl or cyclic N) is 1. The second-order valence-corrected chi connectivity index (χ2v) is 12.4. The maximum atomic E-state index is 13.5. The summed E-state index contributed by atoms with van der Waals surface area (Å²) in [6, 6.07) is 10.7. The average molecular weight is 575 g/mol. The molecular weight excluding hydrogens is 540 g/mol. The molecule has 3 aliphatic heterocycles. The number of amides is 1. The van der Waals surface area contributed by atoms with E-state index in [1.54, 1.807) is 36.4 Å². The standard InChI is InChI=1S/C28H34N2O9S/c1-17-13-30(40(34,35)26-8-7-20(36-2)12-22(17)26)14-24(32)23(11-18-3-5-19(15-31)6-4-18)29-28(33)39-25-16-38-27-21(25)9-10-37-27/h3-8,12,15,17,21,23-25,27,32H,9-11,13-14,16H2,1-2H3,(H,29,33)/t17?,21-,23-,24+,25-,27+/m0/s1. The first-order valence-corrected chi connectivity index (χ1v) is 14.7. The summed E-state index contributed by atoms with van der Waals surface area (Å²) < 4.78 is 50.2. The Bertz CT molecular complexity index is 1330. The van der Waals surface area contributed by atoms with E-state index in [0.29, 0.717) is 23.5 Å². The van der Waals surface area contributed by atoms with E-state index in [4.69, 9.17) is 18.9 Å². The molecule has 216 valence electrons. The Labute approximate surface area is 233 Å². The Morgan fingerprint density at radius 3 is 2.73 bits per heavy atom. The zero-order valence-electron chi connectivity index (χ0n) is 22.4. The molecule has 2 aromatic rings. The van der Waals surface area contributed by atoms with Gasteiger partial charge in [0.15, 0.2) is 6.29 Å². The zero-order valence-corrected chi connectivity index (χ0v) is 23.2. The molecule has 0 spiro atoms. The first-order chi connectivity index (χ1) is 19.2. The summed E-state index contributed by atoms with van der Waals surface area (Å²) in [7, 11) is -2.38. The van der Waals surface area contributed by atoms with E-state index in [1.165, 1.54) is 17.5 Å². The van der Waals surface area contributed by atoms with E-state index >= 15 is 0 Å². The van der Waals surface area contributed by atoms with Gasteiger partial charge in [-0.05, 0) is 48.1 Å². The highest BCUT2D eigenvalue weighted by molar-refractivity contribution is 7.89. The molecule has 0 radical (unpaired) electrons. The van der Waals surface area contributed by atoms with Crippen LogP contribution < -0.4 is 10.1 Å². The number of methoxy groups -OCH3 is 1. The molecule has 1 amide bonds. The number of aldehydes is 1. The van der Waals surface area contributed by atoms with Crippen LogP contribution in [-0.2, 0) is 30.7 Å². The SMILES string of the molecule is COc1ccc2c(c1)C(C)CN(C[C@@H](O)[C@H](Cc1ccc(C=O)cc1)NC(=O)O[C@H]1CO[C@H]3OCC[C@H]31)S2(=O)=O. The van der Waals surface area contributed by atoms with E-state index in [2.05, 4.69) is 5.32 Å². The van der Waals surface area contributed by atoms with Crippen molar-refractivity contribution in [1.29, 1.82) is 0 Å². The molecule has 0 saturated carbocycles. The Morgan fingerprint density at radius 1 is 1.23 bits per heavy atom. The fourth-order valence-corrected chi connectivity index (χ4v) is 7.41. The minimum atomic E-state index is -3.90. The summed E-state index contributed by atoms with van der Waals surface area (Å²) in [5, 5.41) is 14.1. The van der Waals surface area contributed by atoms with Crippen LogP contribution in [0.15, 0.2) is 47.4 Å². The number of ether oxygens (including phenoxy) is 4. The molecule has 0 aliphatic carbocycles. The van der Waals surface area contributed by atoms with Crippen molar-refractivity contribution < 1.29 is 42.1 Å². The lowest BCUT2D eigenvalue weighted by atomic mass is 9.98. The van der Waals surface area contributed by atoms with Gasteiger partial charge >= 0.3 is 6.09 Å². The van der Waals surface area contributed by atoms with E-state index in [9.17, 15) is 23.1 Å². The number of nitrogens with zero attached hydrogens (tertiary/aromatic N) is 1. The maximum Gasteiger partial charge on any atom is 0.407 e. The van der Waals surface area contributed by atoms with Crippen molar-refractivity contribution in [3.05, 3.63) is 59.2 Å². The van der Waals surface area contributed by atoms with E-state index in [0.717, 1.165) is 18.3 Å². The van der Waals surface area contributed by atoms with Gasteiger partial charge in [0.1, 0.15) is 18.1 Å². The molecule has 12 heteroatoms. The van der Waals surface area contributed by atoms with Gasteiger partial charge in [-0.1, -0.05) is 31.2 Å². The zero-order chi connectivity index (χ0) is 28.4. The summed E-state index contributed by atoms with van der Waals surface area (Å²) in [4.78, 5) is 24.2. The molecule has 40 heavy (non-hydrogen) atoms. The van der Waals surface area contributed by atoms with Crippen molar-refractivity contribution in [2.75, 3.05) is 33.4 Å². The fraction of sp³-hybridized carbons (Fsp3) is 0.500. The number of alkyl carbamates (subject to hydrolysis) is 1. The van der Waals surface area contributed by atoms with Crippen molar-refractivity contribution in [3.8, 4) is 5.75 Å². The number of fused-ring (bicyclic) bond motifs is 2. The molecule has 1 unspecified atom stereocenters. The lowest BCUT2D eigenvalue weighted by molar-refractivity contribution is -0.0907. The van der Waals surface area contributed by atoms with Gasteiger partial charge in [-0.25, -0.2) is 13.2 Å². The van der Waals surface area contributed by atoms with Crippen LogP contribution in [0.2, 0.25) is 0 Å². The van der Waals surface area contributed by atoms with Crippen LogP contribution in [0.4, 0.5) is 4.79 Å². The second-order valence-electron chi connectivity index (χ2n) is 10.5. The summed E-state index contributed by atoms with van der Waals surface area (Å²) in [6.07, 6.45) is -1.23. The fourth-order valence-electron chi connectivity index (χ4n) is 5.56. The van der Waals surface area contributed by atoms with E-state index in [1.807, 2.05) is 6.92 Å². The largest absolute Gasteiger partial charge is 0.497 e. The minimum absolute atomic E-state index is 0.0521. The molecule has 2 N–H and O–H groups in total. The highest BCUT2D eigenvalue weighted by Crippen LogP contribution is 2.36. The second kappa shape index (κ2) is 11.8. The number of hydrogen-bond donors (Lipinski definition) is 2. The lowest BCUT2D eigenvalue weighted by Crippen LogP contribution is -2.52. The molecule has 0 aromatic heterocycles. The van der Waals surface area contributed by atoms with Crippen molar-refractivity contribution in [1.82, 2.24) is 9.62 Å². The molecule has 2 saturated heterocycles. The summed E-state index contributed by atoms with van der Waals surface area (Å²) in [5.41, 5.74) is 1.90. The van der Waals surface area contributed by atoms with Gasteiger partial charge in [-0.15, -0.1) is 0 Å².